The Bertz CT molecular complexity index is 1260. The van der Waals surface area contributed by atoms with E-state index < -0.39 is 5.60 Å². The van der Waals surface area contributed by atoms with E-state index in [-0.39, 0.29) is 12.1 Å². The zero-order valence-electron chi connectivity index (χ0n) is 17.9. The van der Waals surface area contributed by atoms with E-state index in [1.165, 1.54) is 0 Å². The Morgan fingerprint density at radius 2 is 2.00 bits per heavy atom. The summed E-state index contributed by atoms with van der Waals surface area (Å²) < 4.78 is 18.7. The van der Waals surface area contributed by atoms with Crippen molar-refractivity contribution in [3.63, 3.8) is 0 Å². The number of ether oxygens (including phenoxy) is 2. The highest BCUT2D eigenvalue weighted by Crippen LogP contribution is 2.34. The van der Waals surface area contributed by atoms with E-state index in [2.05, 4.69) is 15.1 Å². The van der Waals surface area contributed by atoms with Crippen LogP contribution in [0.3, 0.4) is 0 Å². The first-order valence-electron chi connectivity index (χ1n) is 10.4. The van der Waals surface area contributed by atoms with E-state index in [1.807, 2.05) is 18.2 Å². The zero-order chi connectivity index (χ0) is 22.3. The molecule has 3 N–H and O–H groups in total. The van der Waals surface area contributed by atoms with Crippen LogP contribution in [0, 0.1) is 6.92 Å². The molecule has 1 saturated heterocycles. The van der Waals surface area contributed by atoms with Crippen molar-refractivity contribution in [1.29, 1.82) is 0 Å². The molecule has 10 heteroatoms. The van der Waals surface area contributed by atoms with Gasteiger partial charge in [-0.15, -0.1) is 0 Å². The number of aryl methyl sites for hydroxylation is 1. The van der Waals surface area contributed by atoms with Gasteiger partial charge in [0, 0.05) is 31.2 Å². The molecule has 166 valence electrons. The van der Waals surface area contributed by atoms with Crippen molar-refractivity contribution in [3.8, 4) is 11.8 Å². The smallest absolute Gasteiger partial charge is 0.303 e. The highest BCUT2D eigenvalue weighted by Gasteiger charge is 2.31. The monoisotopic (exact) mass is 436 g/mol. The Hall–Kier alpha value is -3.50. The number of nitrogens with two attached hydrogens (primary N) is 1. The maximum Gasteiger partial charge on any atom is 0.303 e. The second kappa shape index (κ2) is 7.88. The second-order valence-corrected chi connectivity index (χ2v) is 8.03. The molecule has 1 aliphatic heterocycles. The van der Waals surface area contributed by atoms with Gasteiger partial charge >= 0.3 is 6.01 Å². The minimum Gasteiger partial charge on any atom is -0.461 e. The summed E-state index contributed by atoms with van der Waals surface area (Å²) in [5, 5.41) is 15.3. The lowest BCUT2D eigenvalue weighted by Crippen LogP contribution is -2.27. The molecule has 0 bridgehead atoms. The predicted octanol–water partition coefficient (Wildman–Crippen LogP) is 2.51. The van der Waals surface area contributed by atoms with Crippen LogP contribution < -0.4 is 10.5 Å². The van der Waals surface area contributed by atoms with Crippen LogP contribution in [0.25, 0.3) is 16.9 Å². The Labute approximate surface area is 184 Å². The topological polar surface area (TPSA) is 134 Å². The van der Waals surface area contributed by atoms with Gasteiger partial charge in [0.25, 0.3) is 0 Å². The first kappa shape index (κ1) is 20.4. The summed E-state index contributed by atoms with van der Waals surface area (Å²) in [5.41, 5.74) is 6.93. The summed E-state index contributed by atoms with van der Waals surface area (Å²) in [7, 11) is 0. The molecule has 10 nitrogen and oxygen atoms in total. The van der Waals surface area contributed by atoms with Gasteiger partial charge in [-0.1, -0.05) is 11.2 Å². The molecule has 3 aromatic heterocycles. The number of hydrogen-bond donors (Lipinski definition) is 2. The van der Waals surface area contributed by atoms with Gasteiger partial charge < -0.3 is 24.8 Å². The number of anilines is 1. The van der Waals surface area contributed by atoms with Crippen LogP contribution in [0.15, 0.2) is 41.1 Å². The van der Waals surface area contributed by atoms with Gasteiger partial charge in [0.1, 0.15) is 29.0 Å². The van der Waals surface area contributed by atoms with Gasteiger partial charge in [-0.3, -0.25) is 0 Å². The third-order valence-electron chi connectivity index (χ3n) is 5.64. The van der Waals surface area contributed by atoms with Crippen molar-refractivity contribution in [2.24, 2.45) is 0 Å². The molecule has 1 atom stereocenters. The number of rotatable bonds is 5. The van der Waals surface area contributed by atoms with Crippen molar-refractivity contribution >= 4 is 17.0 Å². The molecular formula is C22H24N6O4. The fourth-order valence-corrected chi connectivity index (χ4v) is 3.83. The summed E-state index contributed by atoms with van der Waals surface area (Å²) in [5.74, 6) is 1.29. The highest BCUT2D eigenvalue weighted by atomic mass is 16.5. The van der Waals surface area contributed by atoms with Gasteiger partial charge in [-0.05, 0) is 31.5 Å². The van der Waals surface area contributed by atoms with Crippen LogP contribution >= 0.6 is 0 Å². The van der Waals surface area contributed by atoms with Gasteiger partial charge in [0.15, 0.2) is 0 Å². The van der Waals surface area contributed by atoms with Crippen molar-refractivity contribution in [2.75, 3.05) is 18.9 Å². The number of nitrogens with zero attached hydrogens (tertiary/aromatic N) is 5. The van der Waals surface area contributed by atoms with Crippen LogP contribution in [0.2, 0.25) is 0 Å². The van der Waals surface area contributed by atoms with Crippen LogP contribution in [-0.2, 0) is 10.3 Å². The summed E-state index contributed by atoms with van der Waals surface area (Å²) >= 11 is 0. The zero-order valence-corrected chi connectivity index (χ0v) is 17.9. The van der Waals surface area contributed by atoms with E-state index in [0.717, 1.165) is 12.8 Å². The lowest BCUT2D eigenvalue weighted by atomic mass is 9.92. The van der Waals surface area contributed by atoms with Gasteiger partial charge in [-0.25, -0.2) is 9.55 Å². The lowest BCUT2D eigenvalue weighted by Gasteiger charge is -2.23. The largest absolute Gasteiger partial charge is 0.461 e. The highest BCUT2D eigenvalue weighted by molar-refractivity contribution is 5.80. The molecule has 4 heterocycles. The average molecular weight is 436 g/mol. The summed E-state index contributed by atoms with van der Waals surface area (Å²) in [6, 6.07) is 9.35. The molecule has 32 heavy (non-hydrogen) atoms. The standard InChI is InChI=1S/C22H24N6O4/c1-13-11-18(27-32-13)22(2,29)14-3-4-16-17(12-14)28(19-5-8-24-20(23)26-19)21(25-16)31-15-6-9-30-10-7-15/h3-5,8,11-12,15,29H,6-7,9-10H2,1-2H3,(H2,23,24,26). The minimum absolute atomic E-state index is 0.0146. The molecule has 1 unspecified atom stereocenters. The maximum atomic E-state index is 11.3. The number of fused-ring (bicyclic) bond motifs is 1. The molecular weight excluding hydrogens is 412 g/mol. The Balaban J connectivity index is 1.64. The molecule has 0 spiro atoms. The average Bonchev–Trinajstić information content (AvgIpc) is 3.37. The first-order chi connectivity index (χ1) is 15.4. The Kier molecular flexibility index (Phi) is 5.03. The quantitative estimate of drug-likeness (QED) is 0.484. The first-order valence-corrected chi connectivity index (χ1v) is 10.4. The van der Waals surface area contributed by atoms with E-state index in [4.69, 9.17) is 24.7 Å². The SMILES string of the molecule is Cc1cc(C(C)(O)c2ccc3nc(OC4CCOCC4)n(-c4ccnc(N)n4)c3c2)no1. The number of hydrogen-bond acceptors (Lipinski definition) is 9. The molecule has 1 aromatic carbocycles. The molecule has 5 rings (SSSR count). The number of imidazole rings is 1. The minimum atomic E-state index is -1.37. The maximum absolute atomic E-state index is 11.3. The van der Waals surface area contributed by atoms with Crippen LogP contribution in [0.1, 0.15) is 36.8 Å². The third-order valence-corrected chi connectivity index (χ3v) is 5.64. The summed E-state index contributed by atoms with van der Waals surface area (Å²) in [4.78, 5) is 13.1. The van der Waals surface area contributed by atoms with Gasteiger partial charge in [0.05, 0.1) is 24.2 Å². The molecule has 0 radical (unpaired) electrons. The van der Waals surface area contributed by atoms with Crippen molar-refractivity contribution < 1.29 is 19.1 Å². The van der Waals surface area contributed by atoms with Crippen molar-refractivity contribution in [1.82, 2.24) is 24.7 Å². The van der Waals surface area contributed by atoms with Crippen molar-refractivity contribution in [2.45, 2.75) is 38.4 Å². The molecule has 1 aliphatic rings. The van der Waals surface area contributed by atoms with E-state index in [1.54, 1.807) is 36.7 Å². The van der Waals surface area contributed by atoms with E-state index in [0.29, 0.717) is 53.1 Å². The lowest BCUT2D eigenvalue weighted by molar-refractivity contribution is 0.0212. The molecule has 4 aromatic rings. The Morgan fingerprint density at radius 3 is 2.72 bits per heavy atom. The predicted molar refractivity (Wildman–Crippen MR) is 115 cm³/mol. The van der Waals surface area contributed by atoms with Gasteiger partial charge in [-0.2, -0.15) is 9.97 Å². The number of nitrogen functional groups attached to an aromatic ring is 1. The second-order valence-electron chi connectivity index (χ2n) is 8.03. The fraction of sp³-hybridized carbons (Fsp3) is 0.364. The van der Waals surface area contributed by atoms with Crippen molar-refractivity contribution in [3.05, 3.63) is 53.5 Å². The third kappa shape index (κ3) is 3.67. The number of aliphatic hydroxyl groups is 1. The van der Waals surface area contributed by atoms with E-state index in [9.17, 15) is 5.11 Å². The van der Waals surface area contributed by atoms with E-state index >= 15 is 0 Å². The molecule has 0 saturated carbocycles. The molecule has 0 amide bonds. The molecule has 0 aliphatic carbocycles. The normalized spacial score (nSPS) is 16.8. The van der Waals surface area contributed by atoms with Gasteiger partial charge in [0.2, 0.25) is 5.95 Å². The number of benzene rings is 1. The van der Waals surface area contributed by atoms with Crippen LogP contribution in [0.4, 0.5) is 5.95 Å². The summed E-state index contributed by atoms with van der Waals surface area (Å²) in [6.07, 6.45) is 3.13. The van der Waals surface area contributed by atoms with Crippen LogP contribution in [0.5, 0.6) is 6.01 Å². The fourth-order valence-electron chi connectivity index (χ4n) is 3.83. The number of aromatic nitrogens is 5. The van der Waals surface area contributed by atoms with Crippen LogP contribution in [-0.4, -0.2) is 49.1 Å². The Morgan fingerprint density at radius 1 is 1.19 bits per heavy atom. The molecule has 1 fully saturated rings. The summed E-state index contributed by atoms with van der Waals surface area (Å²) in [6.45, 7) is 4.75.